The summed E-state index contributed by atoms with van der Waals surface area (Å²) in [6.45, 7) is 10.7. The predicted octanol–water partition coefficient (Wildman–Crippen LogP) is 1.80. The molecule has 0 radical (unpaired) electrons. The maximum atomic E-state index is 5.60. The van der Waals surface area contributed by atoms with Crippen LogP contribution < -0.4 is 5.32 Å². The zero-order valence-corrected chi connectivity index (χ0v) is 8.68. The molecule has 2 nitrogen and oxygen atoms in total. The van der Waals surface area contributed by atoms with Crippen LogP contribution in [-0.2, 0) is 4.74 Å². The molecule has 0 amide bonds. The van der Waals surface area contributed by atoms with E-state index in [1.807, 2.05) is 0 Å². The lowest BCUT2D eigenvalue weighted by molar-refractivity contribution is 0.101. The summed E-state index contributed by atoms with van der Waals surface area (Å²) in [5, 5.41) is 3.46. The fourth-order valence-corrected chi connectivity index (χ4v) is 1.45. The van der Waals surface area contributed by atoms with Gasteiger partial charge in [0, 0.05) is 18.7 Å². The Bertz CT molecular complexity index is 139. The molecular weight excluding hydrogens is 150 g/mol. The Morgan fingerprint density at radius 2 is 2.08 bits per heavy atom. The van der Waals surface area contributed by atoms with Gasteiger partial charge in [0.15, 0.2) is 0 Å². The smallest absolute Gasteiger partial charge is 0.0703 e. The highest BCUT2D eigenvalue weighted by Gasteiger charge is 2.22. The van der Waals surface area contributed by atoms with Gasteiger partial charge in [0.05, 0.1) is 6.10 Å². The normalized spacial score (nSPS) is 31.0. The van der Waals surface area contributed by atoms with Gasteiger partial charge in [-0.15, -0.1) is 0 Å². The lowest BCUT2D eigenvalue weighted by Crippen LogP contribution is -2.40. The van der Waals surface area contributed by atoms with Crippen LogP contribution in [0.3, 0.4) is 0 Å². The Balaban J connectivity index is 2.16. The van der Waals surface area contributed by atoms with Crippen molar-refractivity contribution in [3.8, 4) is 0 Å². The second-order valence-corrected chi connectivity index (χ2v) is 4.93. The minimum atomic E-state index is 0.217. The van der Waals surface area contributed by atoms with Gasteiger partial charge >= 0.3 is 0 Å². The first-order valence-electron chi connectivity index (χ1n) is 4.84. The highest BCUT2D eigenvalue weighted by molar-refractivity contribution is 4.77. The lowest BCUT2D eigenvalue weighted by Gasteiger charge is -2.22. The van der Waals surface area contributed by atoms with Crippen LogP contribution in [0.15, 0.2) is 0 Å². The topological polar surface area (TPSA) is 21.3 Å². The first-order chi connectivity index (χ1) is 5.47. The van der Waals surface area contributed by atoms with Gasteiger partial charge in [-0.25, -0.2) is 0 Å². The van der Waals surface area contributed by atoms with Crippen LogP contribution in [0.5, 0.6) is 0 Å². The van der Waals surface area contributed by atoms with E-state index in [2.05, 4.69) is 33.0 Å². The van der Waals surface area contributed by atoms with Crippen molar-refractivity contribution >= 4 is 0 Å². The summed E-state index contributed by atoms with van der Waals surface area (Å²) in [7, 11) is 0. The number of ether oxygens (including phenoxy) is 1. The Kier molecular flexibility index (Phi) is 3.13. The average molecular weight is 171 g/mol. The van der Waals surface area contributed by atoms with Crippen molar-refractivity contribution in [2.45, 2.75) is 45.8 Å². The minimum Gasteiger partial charge on any atom is -0.377 e. The van der Waals surface area contributed by atoms with Crippen LogP contribution >= 0.6 is 0 Å². The van der Waals surface area contributed by atoms with E-state index >= 15 is 0 Å². The summed E-state index contributed by atoms with van der Waals surface area (Å²) in [5.41, 5.74) is 0.217. The van der Waals surface area contributed by atoms with E-state index in [0.717, 1.165) is 19.1 Å². The minimum absolute atomic E-state index is 0.217. The molecule has 0 aromatic carbocycles. The highest BCUT2D eigenvalue weighted by Crippen LogP contribution is 2.18. The largest absolute Gasteiger partial charge is 0.377 e. The zero-order chi connectivity index (χ0) is 9.19. The van der Waals surface area contributed by atoms with Crippen molar-refractivity contribution in [1.82, 2.24) is 5.32 Å². The third-order valence-corrected chi connectivity index (χ3v) is 2.14. The van der Waals surface area contributed by atoms with E-state index in [1.165, 1.54) is 6.42 Å². The van der Waals surface area contributed by atoms with Crippen molar-refractivity contribution in [3.63, 3.8) is 0 Å². The molecular formula is C10H21NO. The Hall–Kier alpha value is -0.0800. The fourth-order valence-electron chi connectivity index (χ4n) is 1.45. The number of hydrogen-bond acceptors (Lipinski definition) is 2. The molecule has 0 aromatic rings. The van der Waals surface area contributed by atoms with Gasteiger partial charge in [-0.05, 0) is 33.1 Å². The van der Waals surface area contributed by atoms with Gasteiger partial charge in [-0.1, -0.05) is 6.92 Å². The zero-order valence-electron chi connectivity index (χ0n) is 8.68. The van der Waals surface area contributed by atoms with Crippen LogP contribution in [0.2, 0.25) is 0 Å². The first kappa shape index (κ1) is 10.0. The van der Waals surface area contributed by atoms with Crippen molar-refractivity contribution in [2.75, 3.05) is 13.2 Å². The molecule has 0 aliphatic carbocycles. The van der Waals surface area contributed by atoms with Crippen LogP contribution in [0.4, 0.5) is 0 Å². The monoisotopic (exact) mass is 171 g/mol. The number of nitrogens with one attached hydrogen (secondary N) is 1. The summed E-state index contributed by atoms with van der Waals surface area (Å²) in [5.74, 6) is 0.747. The Labute approximate surface area is 75.7 Å². The van der Waals surface area contributed by atoms with Gasteiger partial charge in [0.25, 0.3) is 0 Å². The lowest BCUT2D eigenvalue weighted by atomic mass is 10.1. The van der Waals surface area contributed by atoms with Gasteiger partial charge in [-0.3, -0.25) is 0 Å². The number of rotatable bonds is 2. The third-order valence-electron chi connectivity index (χ3n) is 2.14. The molecule has 2 atom stereocenters. The van der Waals surface area contributed by atoms with Crippen molar-refractivity contribution < 1.29 is 4.74 Å². The average Bonchev–Trinajstić information content (AvgIpc) is 2.30. The molecule has 12 heavy (non-hydrogen) atoms. The van der Waals surface area contributed by atoms with E-state index in [0.29, 0.717) is 6.10 Å². The first-order valence-corrected chi connectivity index (χ1v) is 4.84. The maximum absolute atomic E-state index is 5.60. The van der Waals surface area contributed by atoms with Gasteiger partial charge < -0.3 is 10.1 Å². The molecule has 1 rings (SSSR count). The predicted molar refractivity (Wildman–Crippen MR) is 51.3 cm³/mol. The molecule has 1 heterocycles. The maximum Gasteiger partial charge on any atom is 0.0703 e. The molecule has 1 N–H and O–H groups in total. The van der Waals surface area contributed by atoms with E-state index in [1.54, 1.807) is 0 Å². The van der Waals surface area contributed by atoms with E-state index < -0.39 is 0 Å². The van der Waals surface area contributed by atoms with Gasteiger partial charge in [-0.2, -0.15) is 0 Å². The second-order valence-electron chi connectivity index (χ2n) is 4.93. The molecule has 0 saturated carbocycles. The Morgan fingerprint density at radius 1 is 1.42 bits per heavy atom. The SMILES string of the molecule is CC1COC(CNC(C)(C)C)C1. The van der Waals surface area contributed by atoms with E-state index in [-0.39, 0.29) is 5.54 Å². The number of hydrogen-bond donors (Lipinski definition) is 1. The third kappa shape index (κ3) is 3.55. The Morgan fingerprint density at radius 3 is 2.50 bits per heavy atom. The van der Waals surface area contributed by atoms with Crippen molar-refractivity contribution in [1.29, 1.82) is 0 Å². The molecule has 1 aliphatic rings. The molecule has 0 aromatic heterocycles. The van der Waals surface area contributed by atoms with Crippen LogP contribution in [0.1, 0.15) is 34.1 Å². The molecule has 2 heteroatoms. The molecule has 0 bridgehead atoms. The van der Waals surface area contributed by atoms with E-state index in [9.17, 15) is 0 Å². The molecule has 1 fully saturated rings. The summed E-state index contributed by atoms with van der Waals surface area (Å²) in [4.78, 5) is 0. The van der Waals surface area contributed by atoms with Crippen LogP contribution in [-0.4, -0.2) is 24.8 Å². The standard InChI is InChI=1S/C10H21NO/c1-8-5-9(12-7-8)6-11-10(2,3)4/h8-9,11H,5-7H2,1-4H3. The summed E-state index contributed by atoms with van der Waals surface area (Å²) >= 11 is 0. The second kappa shape index (κ2) is 3.75. The highest BCUT2D eigenvalue weighted by atomic mass is 16.5. The molecule has 1 aliphatic heterocycles. The quantitative estimate of drug-likeness (QED) is 0.684. The van der Waals surface area contributed by atoms with Crippen LogP contribution in [0.25, 0.3) is 0 Å². The van der Waals surface area contributed by atoms with Gasteiger partial charge in [0.1, 0.15) is 0 Å². The summed E-state index contributed by atoms with van der Waals surface area (Å²) < 4.78 is 5.60. The van der Waals surface area contributed by atoms with Crippen molar-refractivity contribution in [2.24, 2.45) is 5.92 Å². The van der Waals surface area contributed by atoms with Gasteiger partial charge in [0.2, 0.25) is 0 Å². The molecule has 2 unspecified atom stereocenters. The molecule has 0 spiro atoms. The van der Waals surface area contributed by atoms with Crippen LogP contribution in [0, 0.1) is 5.92 Å². The summed E-state index contributed by atoms with van der Waals surface area (Å²) in [6, 6.07) is 0. The molecule has 1 saturated heterocycles. The van der Waals surface area contributed by atoms with Crippen molar-refractivity contribution in [3.05, 3.63) is 0 Å². The fraction of sp³-hybridized carbons (Fsp3) is 1.00. The summed E-state index contributed by atoms with van der Waals surface area (Å²) in [6.07, 6.45) is 1.66. The molecule has 72 valence electrons. The van der Waals surface area contributed by atoms with E-state index in [4.69, 9.17) is 4.74 Å².